The molecule has 2 aliphatic rings. The number of anilines is 1. The Morgan fingerprint density at radius 1 is 1.41 bits per heavy atom. The molecule has 1 fully saturated rings. The highest BCUT2D eigenvalue weighted by atomic mass is 32.1. The van der Waals surface area contributed by atoms with E-state index in [0.29, 0.717) is 18.9 Å². The predicted octanol–water partition coefficient (Wildman–Crippen LogP) is 1.33. The standard InChI is InChI=1S/C12H17N3OS/c13-6-8-5-11(16)15(7-8)12-14-9-3-1-2-4-10(9)17-12/h8H,1-7,13H2. The molecule has 2 heterocycles. The van der Waals surface area contributed by atoms with E-state index >= 15 is 0 Å². The summed E-state index contributed by atoms with van der Waals surface area (Å²) in [7, 11) is 0. The van der Waals surface area contributed by atoms with E-state index in [2.05, 4.69) is 4.98 Å². The number of fused-ring (bicyclic) bond motifs is 1. The number of nitrogens with two attached hydrogens (primary N) is 1. The monoisotopic (exact) mass is 251 g/mol. The van der Waals surface area contributed by atoms with Gasteiger partial charge in [-0.15, -0.1) is 11.3 Å². The average molecular weight is 251 g/mol. The van der Waals surface area contributed by atoms with Gasteiger partial charge in [-0.25, -0.2) is 4.98 Å². The van der Waals surface area contributed by atoms with Gasteiger partial charge in [0.15, 0.2) is 5.13 Å². The first kappa shape index (κ1) is 11.2. The third-order valence-corrected chi connectivity index (χ3v) is 4.78. The third-order valence-electron chi connectivity index (χ3n) is 3.60. The lowest BCUT2D eigenvalue weighted by atomic mass is 10.0. The molecule has 0 bridgehead atoms. The molecule has 17 heavy (non-hydrogen) atoms. The summed E-state index contributed by atoms with van der Waals surface area (Å²) in [5.74, 6) is 0.495. The highest BCUT2D eigenvalue weighted by molar-refractivity contribution is 7.16. The number of thiazole rings is 1. The summed E-state index contributed by atoms with van der Waals surface area (Å²) in [6, 6.07) is 0. The highest BCUT2D eigenvalue weighted by Gasteiger charge is 2.32. The molecule has 0 spiro atoms. The van der Waals surface area contributed by atoms with E-state index in [1.165, 1.54) is 23.4 Å². The second-order valence-electron chi connectivity index (χ2n) is 4.88. The van der Waals surface area contributed by atoms with Crippen LogP contribution in [0.3, 0.4) is 0 Å². The average Bonchev–Trinajstić information content (AvgIpc) is 2.91. The van der Waals surface area contributed by atoms with Crippen molar-refractivity contribution < 1.29 is 4.79 Å². The molecule has 0 saturated carbocycles. The second-order valence-corrected chi connectivity index (χ2v) is 5.95. The molecular weight excluding hydrogens is 234 g/mol. The molecule has 92 valence electrons. The van der Waals surface area contributed by atoms with Gasteiger partial charge in [0, 0.05) is 17.8 Å². The maximum Gasteiger partial charge on any atom is 0.229 e. The van der Waals surface area contributed by atoms with Gasteiger partial charge in [-0.05, 0) is 38.1 Å². The van der Waals surface area contributed by atoms with Crippen molar-refractivity contribution >= 4 is 22.4 Å². The molecule has 5 heteroatoms. The quantitative estimate of drug-likeness (QED) is 0.862. The van der Waals surface area contributed by atoms with E-state index in [-0.39, 0.29) is 5.91 Å². The number of amides is 1. The Bertz CT molecular complexity index is 419. The first-order valence-corrected chi connectivity index (χ1v) is 7.08. The molecule has 2 N–H and O–H groups in total. The number of hydrogen-bond donors (Lipinski definition) is 1. The van der Waals surface area contributed by atoms with Crippen LogP contribution in [0.1, 0.15) is 29.8 Å². The maximum atomic E-state index is 11.9. The van der Waals surface area contributed by atoms with Gasteiger partial charge >= 0.3 is 0 Å². The van der Waals surface area contributed by atoms with Crippen molar-refractivity contribution in [3.63, 3.8) is 0 Å². The summed E-state index contributed by atoms with van der Waals surface area (Å²) in [5, 5.41) is 0.901. The molecule has 1 amide bonds. The van der Waals surface area contributed by atoms with Crippen molar-refractivity contribution in [3.05, 3.63) is 10.6 Å². The minimum atomic E-state index is 0.187. The van der Waals surface area contributed by atoms with E-state index < -0.39 is 0 Å². The molecule has 1 aliphatic carbocycles. The van der Waals surface area contributed by atoms with Crippen LogP contribution in [0.15, 0.2) is 0 Å². The normalized spacial score (nSPS) is 24.2. The summed E-state index contributed by atoms with van der Waals surface area (Å²) in [4.78, 5) is 19.7. The second kappa shape index (κ2) is 4.38. The van der Waals surface area contributed by atoms with Crippen molar-refractivity contribution in [2.75, 3.05) is 18.0 Å². The van der Waals surface area contributed by atoms with Crippen LogP contribution in [0.25, 0.3) is 0 Å². The topological polar surface area (TPSA) is 59.2 Å². The SMILES string of the molecule is NCC1CC(=O)N(c2nc3c(s2)CCCC3)C1. The molecule has 1 unspecified atom stereocenters. The number of carbonyl (C=O) groups is 1. The molecule has 1 saturated heterocycles. The minimum absolute atomic E-state index is 0.187. The van der Waals surface area contributed by atoms with Crippen LogP contribution in [0, 0.1) is 5.92 Å². The molecule has 0 aromatic carbocycles. The van der Waals surface area contributed by atoms with E-state index in [1.54, 1.807) is 11.3 Å². The largest absolute Gasteiger partial charge is 0.330 e. The fourth-order valence-corrected chi connectivity index (χ4v) is 3.75. The van der Waals surface area contributed by atoms with Crippen LogP contribution in [-0.4, -0.2) is 24.0 Å². The zero-order valence-corrected chi connectivity index (χ0v) is 10.6. The Morgan fingerprint density at radius 2 is 2.24 bits per heavy atom. The van der Waals surface area contributed by atoms with Gasteiger partial charge in [-0.1, -0.05) is 0 Å². The lowest BCUT2D eigenvalue weighted by Gasteiger charge is -2.11. The predicted molar refractivity (Wildman–Crippen MR) is 68.3 cm³/mol. The Hall–Kier alpha value is -0.940. The van der Waals surface area contributed by atoms with Crippen molar-refractivity contribution in [2.24, 2.45) is 11.7 Å². The molecular formula is C12H17N3OS. The Balaban J connectivity index is 1.84. The van der Waals surface area contributed by atoms with Crippen molar-refractivity contribution in [2.45, 2.75) is 32.1 Å². The number of carbonyl (C=O) groups excluding carboxylic acids is 1. The van der Waals surface area contributed by atoms with E-state index in [9.17, 15) is 4.79 Å². The van der Waals surface area contributed by atoms with E-state index in [1.807, 2.05) is 4.90 Å². The molecule has 0 radical (unpaired) electrons. The van der Waals surface area contributed by atoms with Crippen LogP contribution in [0.2, 0.25) is 0 Å². The van der Waals surface area contributed by atoms with Crippen LogP contribution in [0.4, 0.5) is 5.13 Å². The third kappa shape index (κ3) is 1.98. The number of rotatable bonds is 2. The lowest BCUT2D eigenvalue weighted by molar-refractivity contribution is -0.117. The Morgan fingerprint density at radius 3 is 2.94 bits per heavy atom. The zero-order valence-electron chi connectivity index (χ0n) is 9.82. The highest BCUT2D eigenvalue weighted by Crippen LogP contribution is 2.34. The summed E-state index contributed by atoms with van der Waals surface area (Å²) < 4.78 is 0. The Labute approximate surface area is 105 Å². The fourth-order valence-electron chi connectivity index (χ4n) is 2.58. The van der Waals surface area contributed by atoms with Gasteiger partial charge in [0.05, 0.1) is 5.69 Å². The summed E-state index contributed by atoms with van der Waals surface area (Å²) >= 11 is 1.70. The van der Waals surface area contributed by atoms with Crippen LogP contribution in [0.5, 0.6) is 0 Å². The number of aromatic nitrogens is 1. The van der Waals surface area contributed by atoms with E-state index in [4.69, 9.17) is 5.73 Å². The van der Waals surface area contributed by atoms with Crippen LogP contribution in [-0.2, 0) is 17.6 Å². The first-order valence-electron chi connectivity index (χ1n) is 6.27. The smallest absolute Gasteiger partial charge is 0.229 e. The van der Waals surface area contributed by atoms with Gasteiger partial charge in [-0.2, -0.15) is 0 Å². The number of aryl methyl sites for hydroxylation is 2. The van der Waals surface area contributed by atoms with Crippen molar-refractivity contribution in [1.82, 2.24) is 4.98 Å². The maximum absolute atomic E-state index is 11.9. The summed E-state index contributed by atoms with van der Waals surface area (Å²) in [6.07, 6.45) is 5.29. The summed E-state index contributed by atoms with van der Waals surface area (Å²) in [5.41, 5.74) is 6.86. The fraction of sp³-hybridized carbons (Fsp3) is 0.667. The van der Waals surface area contributed by atoms with Crippen LogP contribution < -0.4 is 10.6 Å². The van der Waals surface area contributed by atoms with Crippen molar-refractivity contribution in [3.8, 4) is 0 Å². The van der Waals surface area contributed by atoms with Gasteiger partial charge in [0.1, 0.15) is 0 Å². The molecule has 1 aliphatic heterocycles. The van der Waals surface area contributed by atoms with Gasteiger partial charge in [-0.3, -0.25) is 9.69 Å². The van der Waals surface area contributed by atoms with Crippen LogP contribution >= 0.6 is 11.3 Å². The number of hydrogen-bond acceptors (Lipinski definition) is 4. The van der Waals surface area contributed by atoms with Crippen molar-refractivity contribution in [1.29, 1.82) is 0 Å². The molecule has 4 nitrogen and oxygen atoms in total. The molecule has 1 aromatic heterocycles. The number of nitrogens with zero attached hydrogens (tertiary/aromatic N) is 2. The van der Waals surface area contributed by atoms with Gasteiger partial charge in [0.25, 0.3) is 0 Å². The minimum Gasteiger partial charge on any atom is -0.330 e. The lowest BCUT2D eigenvalue weighted by Crippen LogP contribution is -2.25. The molecule has 1 atom stereocenters. The molecule has 3 rings (SSSR count). The van der Waals surface area contributed by atoms with Gasteiger partial charge < -0.3 is 5.73 Å². The zero-order chi connectivity index (χ0) is 11.8. The van der Waals surface area contributed by atoms with Gasteiger partial charge in [0.2, 0.25) is 5.91 Å². The first-order chi connectivity index (χ1) is 8.28. The summed E-state index contributed by atoms with van der Waals surface area (Å²) in [6.45, 7) is 1.34. The molecule has 1 aromatic rings. The van der Waals surface area contributed by atoms with E-state index in [0.717, 1.165) is 24.5 Å². The Kier molecular flexibility index (Phi) is 2.88.